The van der Waals surface area contributed by atoms with E-state index in [1.807, 2.05) is 0 Å². The fraction of sp³-hybridized carbons (Fsp3) is 0.846. The first-order chi connectivity index (χ1) is 8.74. The Labute approximate surface area is 113 Å². The van der Waals surface area contributed by atoms with Gasteiger partial charge in [0.1, 0.15) is 6.04 Å². The molecule has 0 bridgehead atoms. The lowest BCUT2D eigenvalue weighted by Crippen LogP contribution is -2.47. The number of hydrogen-bond donors (Lipinski definition) is 1. The molecule has 1 heterocycles. The van der Waals surface area contributed by atoms with Crippen molar-refractivity contribution in [1.29, 1.82) is 0 Å². The molecule has 1 fully saturated rings. The summed E-state index contributed by atoms with van der Waals surface area (Å²) in [5.74, 6) is 0.708. The molecule has 0 aliphatic carbocycles. The second kappa shape index (κ2) is 9.25. The number of hydrogen-bond acceptors (Lipinski definition) is 4. The summed E-state index contributed by atoms with van der Waals surface area (Å²) in [6.07, 6.45) is 7.03. The summed E-state index contributed by atoms with van der Waals surface area (Å²) in [5.41, 5.74) is 0. The van der Waals surface area contributed by atoms with Crippen molar-refractivity contribution in [1.82, 2.24) is 5.32 Å². The third-order valence-corrected chi connectivity index (χ3v) is 3.91. The highest BCUT2D eigenvalue weighted by atomic mass is 32.2. The van der Waals surface area contributed by atoms with Gasteiger partial charge >= 0.3 is 5.97 Å². The lowest BCUT2D eigenvalue weighted by Gasteiger charge is -2.21. The van der Waals surface area contributed by atoms with Crippen LogP contribution >= 0.6 is 11.8 Å². The highest BCUT2D eigenvalue weighted by Crippen LogP contribution is 2.10. The van der Waals surface area contributed by atoms with Gasteiger partial charge in [-0.15, -0.1) is 11.8 Å². The molecular weight excluding hydrogens is 250 g/mol. The van der Waals surface area contributed by atoms with E-state index < -0.39 is 6.04 Å². The maximum Gasteiger partial charge on any atom is 0.329 e. The third-order valence-electron chi connectivity index (χ3n) is 2.88. The zero-order valence-electron chi connectivity index (χ0n) is 11.1. The largest absolute Gasteiger partial charge is 0.464 e. The highest BCUT2D eigenvalue weighted by Gasteiger charge is 2.26. The molecule has 1 amide bonds. The molecule has 0 spiro atoms. The summed E-state index contributed by atoms with van der Waals surface area (Å²) in [6.45, 7) is 2.67. The van der Waals surface area contributed by atoms with Crippen LogP contribution in [0.1, 0.15) is 45.4 Å². The molecule has 0 radical (unpaired) electrons. The molecule has 1 N–H and O–H groups in total. The quantitative estimate of drug-likeness (QED) is 0.543. The molecule has 104 valence electrons. The lowest BCUT2D eigenvalue weighted by molar-refractivity contribution is -0.147. The molecule has 1 atom stereocenters. The Bertz CT molecular complexity index is 271. The number of esters is 1. The van der Waals surface area contributed by atoms with Crippen molar-refractivity contribution < 1.29 is 14.3 Å². The van der Waals surface area contributed by atoms with Crippen molar-refractivity contribution in [2.75, 3.05) is 18.1 Å². The summed E-state index contributed by atoms with van der Waals surface area (Å²) in [7, 11) is 0. The van der Waals surface area contributed by atoms with Crippen LogP contribution in [0.25, 0.3) is 0 Å². The number of nitrogens with one attached hydrogen (secondary N) is 1. The number of carbonyl (C=O) groups is 2. The second-order valence-corrected chi connectivity index (χ2v) is 5.60. The van der Waals surface area contributed by atoms with Crippen LogP contribution in [0, 0.1) is 0 Å². The van der Waals surface area contributed by atoms with E-state index in [1.54, 1.807) is 0 Å². The molecule has 18 heavy (non-hydrogen) atoms. The van der Waals surface area contributed by atoms with Gasteiger partial charge in [0.05, 0.1) is 12.4 Å². The van der Waals surface area contributed by atoms with E-state index in [1.165, 1.54) is 37.4 Å². The third kappa shape index (κ3) is 6.28. The van der Waals surface area contributed by atoms with Crippen molar-refractivity contribution in [2.45, 2.75) is 51.5 Å². The van der Waals surface area contributed by atoms with Crippen molar-refractivity contribution >= 4 is 23.6 Å². The predicted molar refractivity (Wildman–Crippen MR) is 73.6 cm³/mol. The first-order valence-electron chi connectivity index (χ1n) is 6.77. The summed E-state index contributed by atoms with van der Waals surface area (Å²) < 4.78 is 5.17. The van der Waals surface area contributed by atoms with Gasteiger partial charge in [-0.3, -0.25) is 4.79 Å². The standard InChI is InChI=1S/C13H23NO3S/c1-2-3-4-5-6-7-8-17-13(16)11-9-18-10-12(15)14-11/h11H,2-10H2,1H3,(H,14,15). The Kier molecular flexibility index (Phi) is 7.89. The van der Waals surface area contributed by atoms with Crippen molar-refractivity contribution in [2.24, 2.45) is 0 Å². The molecule has 0 saturated carbocycles. The van der Waals surface area contributed by atoms with Crippen LogP contribution in [0.15, 0.2) is 0 Å². The minimum absolute atomic E-state index is 0.0761. The molecular formula is C13H23NO3S. The average Bonchev–Trinajstić information content (AvgIpc) is 2.37. The van der Waals surface area contributed by atoms with E-state index >= 15 is 0 Å². The molecule has 0 aromatic carbocycles. The number of carbonyl (C=O) groups excluding carboxylic acids is 2. The van der Waals surface area contributed by atoms with Crippen LogP contribution in [-0.2, 0) is 14.3 Å². The van der Waals surface area contributed by atoms with Gasteiger partial charge in [0.15, 0.2) is 0 Å². The molecule has 5 heteroatoms. The fourth-order valence-corrected chi connectivity index (χ4v) is 2.67. The molecule has 1 rings (SSSR count). The van der Waals surface area contributed by atoms with E-state index in [4.69, 9.17) is 4.74 Å². The Morgan fingerprint density at radius 1 is 1.33 bits per heavy atom. The average molecular weight is 273 g/mol. The number of thioether (sulfide) groups is 1. The Balaban J connectivity index is 2.01. The second-order valence-electron chi connectivity index (χ2n) is 4.57. The van der Waals surface area contributed by atoms with Gasteiger partial charge in [0.2, 0.25) is 5.91 Å². The molecule has 1 saturated heterocycles. The number of unbranched alkanes of at least 4 members (excludes halogenated alkanes) is 5. The summed E-state index contributed by atoms with van der Waals surface area (Å²) in [4.78, 5) is 22.7. The van der Waals surface area contributed by atoms with Crippen molar-refractivity contribution in [3.05, 3.63) is 0 Å². The Hall–Kier alpha value is -0.710. The van der Waals surface area contributed by atoms with Gasteiger partial charge < -0.3 is 10.1 Å². The van der Waals surface area contributed by atoms with E-state index in [9.17, 15) is 9.59 Å². The van der Waals surface area contributed by atoms with Gasteiger partial charge in [0, 0.05) is 5.75 Å². The summed E-state index contributed by atoms with van der Waals surface area (Å²) in [6, 6.07) is -0.448. The van der Waals surface area contributed by atoms with Crippen LogP contribution in [0.3, 0.4) is 0 Å². The summed E-state index contributed by atoms with van der Waals surface area (Å²) >= 11 is 1.48. The molecule has 0 aromatic heterocycles. The fourth-order valence-electron chi connectivity index (χ4n) is 1.83. The van der Waals surface area contributed by atoms with Crippen molar-refractivity contribution in [3.63, 3.8) is 0 Å². The Morgan fingerprint density at radius 2 is 2.06 bits per heavy atom. The van der Waals surface area contributed by atoms with Gasteiger partial charge in [0.25, 0.3) is 0 Å². The zero-order chi connectivity index (χ0) is 13.2. The summed E-state index contributed by atoms with van der Waals surface area (Å²) in [5, 5.41) is 2.65. The monoisotopic (exact) mass is 273 g/mol. The molecule has 4 nitrogen and oxygen atoms in total. The van der Waals surface area contributed by atoms with Gasteiger partial charge in [-0.25, -0.2) is 4.79 Å². The van der Waals surface area contributed by atoms with Crippen LogP contribution in [-0.4, -0.2) is 36.0 Å². The van der Waals surface area contributed by atoms with Crippen LogP contribution < -0.4 is 5.32 Å². The molecule has 1 unspecified atom stereocenters. The predicted octanol–water partition coefficient (Wildman–Crippen LogP) is 2.12. The van der Waals surface area contributed by atoms with Crippen LogP contribution in [0.2, 0.25) is 0 Å². The normalized spacial score (nSPS) is 19.4. The highest BCUT2D eigenvalue weighted by molar-refractivity contribution is 8.00. The SMILES string of the molecule is CCCCCCCCOC(=O)C1CSCC(=O)N1. The minimum atomic E-state index is -0.448. The van der Waals surface area contributed by atoms with E-state index in [0.29, 0.717) is 18.1 Å². The molecule has 0 aromatic rings. The van der Waals surface area contributed by atoms with Gasteiger partial charge in [-0.05, 0) is 6.42 Å². The Morgan fingerprint density at radius 3 is 2.78 bits per heavy atom. The van der Waals surface area contributed by atoms with E-state index in [-0.39, 0.29) is 11.9 Å². The van der Waals surface area contributed by atoms with Gasteiger partial charge in [-0.1, -0.05) is 39.0 Å². The number of ether oxygens (including phenoxy) is 1. The molecule has 1 aliphatic rings. The maximum absolute atomic E-state index is 11.6. The van der Waals surface area contributed by atoms with E-state index in [2.05, 4.69) is 12.2 Å². The first-order valence-corrected chi connectivity index (χ1v) is 7.93. The zero-order valence-corrected chi connectivity index (χ0v) is 11.9. The van der Waals surface area contributed by atoms with Gasteiger partial charge in [-0.2, -0.15) is 0 Å². The smallest absolute Gasteiger partial charge is 0.329 e. The minimum Gasteiger partial charge on any atom is -0.464 e. The van der Waals surface area contributed by atoms with Crippen LogP contribution in [0.4, 0.5) is 0 Å². The maximum atomic E-state index is 11.6. The topological polar surface area (TPSA) is 55.4 Å². The molecule has 1 aliphatic heterocycles. The number of rotatable bonds is 8. The van der Waals surface area contributed by atoms with Crippen molar-refractivity contribution in [3.8, 4) is 0 Å². The van der Waals surface area contributed by atoms with E-state index in [0.717, 1.165) is 12.8 Å². The number of amides is 1. The van der Waals surface area contributed by atoms with Crippen LogP contribution in [0.5, 0.6) is 0 Å². The first kappa shape index (κ1) is 15.3. The lowest BCUT2D eigenvalue weighted by atomic mass is 10.1.